The Labute approximate surface area is 113 Å². The number of fused-ring (bicyclic) bond motifs is 1. The summed E-state index contributed by atoms with van der Waals surface area (Å²) in [7, 11) is 3.25. The summed E-state index contributed by atoms with van der Waals surface area (Å²) in [6.07, 6.45) is 7.54. The molecule has 102 valence electrons. The van der Waals surface area contributed by atoms with Gasteiger partial charge in [0.15, 0.2) is 6.29 Å². The van der Waals surface area contributed by atoms with Crippen LogP contribution in [0.1, 0.15) is 25.7 Å². The molecule has 0 bridgehead atoms. The van der Waals surface area contributed by atoms with E-state index in [1.165, 1.54) is 5.57 Å². The van der Waals surface area contributed by atoms with Crippen LogP contribution in [-0.2, 0) is 9.47 Å². The van der Waals surface area contributed by atoms with E-state index in [9.17, 15) is 5.11 Å². The molecule has 1 unspecified atom stereocenters. The third-order valence-corrected chi connectivity index (χ3v) is 4.52. The van der Waals surface area contributed by atoms with Gasteiger partial charge in [0.05, 0.1) is 12.0 Å². The van der Waals surface area contributed by atoms with Gasteiger partial charge in [-0.2, -0.15) is 0 Å². The molecule has 2 rings (SSSR count). The van der Waals surface area contributed by atoms with E-state index in [-0.39, 0.29) is 6.61 Å². The van der Waals surface area contributed by atoms with Crippen molar-refractivity contribution in [1.82, 2.24) is 0 Å². The van der Waals surface area contributed by atoms with Crippen LogP contribution in [-0.4, -0.2) is 32.2 Å². The van der Waals surface area contributed by atoms with Crippen LogP contribution >= 0.6 is 11.6 Å². The maximum absolute atomic E-state index is 9.92. The molecule has 3 nitrogen and oxygen atoms in total. The summed E-state index contributed by atoms with van der Waals surface area (Å²) in [4.78, 5) is 0. The van der Waals surface area contributed by atoms with Gasteiger partial charge in [0.2, 0.25) is 0 Å². The molecule has 0 radical (unpaired) electrons. The molecule has 0 aromatic carbocycles. The lowest BCUT2D eigenvalue weighted by atomic mass is 9.63. The highest BCUT2D eigenvalue weighted by Crippen LogP contribution is 2.50. The first-order chi connectivity index (χ1) is 8.67. The normalized spacial score (nSPS) is 31.9. The molecule has 0 amide bonds. The smallest absolute Gasteiger partial charge is 0.168 e. The number of halogens is 1. The van der Waals surface area contributed by atoms with Gasteiger partial charge in [-0.15, -0.1) is 0 Å². The molecule has 2 aliphatic rings. The first kappa shape index (κ1) is 14.1. The summed E-state index contributed by atoms with van der Waals surface area (Å²) < 4.78 is 10.9. The molecular weight excluding hydrogens is 252 g/mol. The summed E-state index contributed by atoms with van der Waals surface area (Å²) in [5.74, 6) is 0.413. The van der Waals surface area contributed by atoms with Crippen molar-refractivity contribution < 1.29 is 14.6 Å². The SMILES string of the molecule is COC(OC)[C@]1(CO)CCCC2CC(Cl)=CC=C21. The van der Waals surface area contributed by atoms with Crippen molar-refractivity contribution in [2.45, 2.75) is 32.0 Å². The second-order valence-corrected chi connectivity index (χ2v) is 5.63. The van der Waals surface area contributed by atoms with Crippen LogP contribution in [0, 0.1) is 11.3 Å². The number of ether oxygens (including phenoxy) is 2. The highest BCUT2D eigenvalue weighted by atomic mass is 35.5. The van der Waals surface area contributed by atoms with Crippen LogP contribution < -0.4 is 0 Å². The largest absolute Gasteiger partial charge is 0.395 e. The standard InChI is InChI=1S/C14H21ClO3/c1-17-13(18-2)14(9-16)7-3-4-10-8-11(15)5-6-12(10)14/h5-6,10,13,16H,3-4,7-9H2,1-2H3/t10?,14-/m0/s1. The highest BCUT2D eigenvalue weighted by molar-refractivity contribution is 6.29. The van der Waals surface area contributed by atoms with Crippen molar-refractivity contribution in [2.75, 3.05) is 20.8 Å². The molecule has 0 heterocycles. The number of methoxy groups -OCH3 is 2. The molecule has 0 aromatic rings. The van der Waals surface area contributed by atoms with E-state index in [1.54, 1.807) is 14.2 Å². The number of rotatable bonds is 4. The van der Waals surface area contributed by atoms with Crippen LogP contribution in [0.15, 0.2) is 22.8 Å². The number of hydrogen-bond acceptors (Lipinski definition) is 3. The lowest BCUT2D eigenvalue weighted by Crippen LogP contribution is -2.47. The van der Waals surface area contributed by atoms with Crippen molar-refractivity contribution in [2.24, 2.45) is 11.3 Å². The fourth-order valence-electron chi connectivity index (χ4n) is 3.41. The van der Waals surface area contributed by atoms with Crippen LogP contribution in [0.25, 0.3) is 0 Å². The molecule has 0 aliphatic heterocycles. The van der Waals surface area contributed by atoms with Gasteiger partial charge < -0.3 is 14.6 Å². The van der Waals surface area contributed by atoms with Crippen molar-refractivity contribution >= 4 is 11.6 Å². The average molecular weight is 273 g/mol. The van der Waals surface area contributed by atoms with Gasteiger partial charge in [-0.05, 0) is 31.3 Å². The zero-order valence-corrected chi connectivity index (χ0v) is 11.7. The van der Waals surface area contributed by atoms with E-state index in [0.29, 0.717) is 5.92 Å². The maximum Gasteiger partial charge on any atom is 0.168 e. The van der Waals surface area contributed by atoms with E-state index in [0.717, 1.165) is 30.7 Å². The lowest BCUT2D eigenvalue weighted by molar-refractivity contribution is -0.186. The molecule has 0 aromatic heterocycles. The summed E-state index contributed by atoms with van der Waals surface area (Å²) in [6, 6.07) is 0. The van der Waals surface area contributed by atoms with Gasteiger partial charge in [0, 0.05) is 19.3 Å². The Balaban J connectivity index is 2.39. The van der Waals surface area contributed by atoms with Gasteiger partial charge in [-0.1, -0.05) is 29.7 Å². The maximum atomic E-state index is 9.92. The van der Waals surface area contributed by atoms with E-state index in [4.69, 9.17) is 21.1 Å². The molecule has 2 aliphatic carbocycles. The van der Waals surface area contributed by atoms with Crippen molar-refractivity contribution in [1.29, 1.82) is 0 Å². The van der Waals surface area contributed by atoms with Crippen LogP contribution in [0.3, 0.4) is 0 Å². The monoisotopic (exact) mass is 272 g/mol. The molecule has 0 spiro atoms. The zero-order chi connectivity index (χ0) is 13.2. The lowest BCUT2D eigenvalue weighted by Gasteiger charge is -2.46. The highest BCUT2D eigenvalue weighted by Gasteiger charge is 2.47. The second-order valence-electron chi connectivity index (χ2n) is 5.15. The molecule has 1 saturated carbocycles. The first-order valence-electron chi connectivity index (χ1n) is 6.41. The van der Waals surface area contributed by atoms with Gasteiger partial charge in [0.1, 0.15) is 0 Å². The van der Waals surface area contributed by atoms with Crippen LogP contribution in [0.4, 0.5) is 0 Å². The van der Waals surface area contributed by atoms with Gasteiger partial charge >= 0.3 is 0 Å². The summed E-state index contributed by atoms with van der Waals surface area (Å²) in [6.45, 7) is 0.0487. The topological polar surface area (TPSA) is 38.7 Å². The van der Waals surface area contributed by atoms with E-state index in [2.05, 4.69) is 6.08 Å². The minimum atomic E-state index is -0.416. The molecule has 18 heavy (non-hydrogen) atoms. The minimum Gasteiger partial charge on any atom is -0.395 e. The van der Waals surface area contributed by atoms with Crippen molar-refractivity contribution in [3.05, 3.63) is 22.8 Å². The second kappa shape index (κ2) is 5.74. The molecule has 2 atom stereocenters. The number of allylic oxidation sites excluding steroid dienone is 3. The molecule has 0 saturated heterocycles. The summed E-state index contributed by atoms with van der Waals surface area (Å²) >= 11 is 6.11. The number of aliphatic hydroxyl groups is 1. The van der Waals surface area contributed by atoms with Crippen molar-refractivity contribution in [3.8, 4) is 0 Å². The van der Waals surface area contributed by atoms with Gasteiger partial charge in [-0.3, -0.25) is 0 Å². The molecular formula is C14H21ClO3. The molecule has 4 heteroatoms. The Morgan fingerprint density at radius 2 is 2.17 bits per heavy atom. The predicted molar refractivity (Wildman–Crippen MR) is 71.3 cm³/mol. The van der Waals surface area contributed by atoms with Gasteiger partial charge in [-0.25, -0.2) is 0 Å². The van der Waals surface area contributed by atoms with Crippen LogP contribution in [0.5, 0.6) is 0 Å². The first-order valence-corrected chi connectivity index (χ1v) is 6.79. The molecule has 1 N–H and O–H groups in total. The fourth-order valence-corrected chi connectivity index (χ4v) is 3.66. The van der Waals surface area contributed by atoms with E-state index < -0.39 is 11.7 Å². The Bertz CT molecular complexity index is 360. The summed E-state index contributed by atoms with van der Waals surface area (Å²) in [5, 5.41) is 10.8. The van der Waals surface area contributed by atoms with E-state index in [1.807, 2.05) is 6.08 Å². The third kappa shape index (κ3) is 2.25. The zero-order valence-electron chi connectivity index (χ0n) is 11.0. The summed E-state index contributed by atoms with van der Waals surface area (Å²) in [5.41, 5.74) is 0.815. The minimum absolute atomic E-state index is 0.0487. The molecule has 1 fully saturated rings. The number of hydrogen-bond donors (Lipinski definition) is 1. The quantitative estimate of drug-likeness (QED) is 0.800. The predicted octanol–water partition coefficient (Wildman–Crippen LogP) is 2.84. The van der Waals surface area contributed by atoms with Crippen LogP contribution in [0.2, 0.25) is 0 Å². The average Bonchev–Trinajstić information content (AvgIpc) is 2.39. The Kier molecular flexibility index (Phi) is 4.49. The number of aliphatic hydroxyl groups excluding tert-OH is 1. The van der Waals surface area contributed by atoms with E-state index >= 15 is 0 Å². The van der Waals surface area contributed by atoms with Crippen molar-refractivity contribution in [3.63, 3.8) is 0 Å². The Morgan fingerprint density at radius 3 is 2.78 bits per heavy atom. The van der Waals surface area contributed by atoms with Gasteiger partial charge in [0.25, 0.3) is 0 Å². The Hall–Kier alpha value is -0.350. The Morgan fingerprint density at radius 1 is 1.44 bits per heavy atom. The third-order valence-electron chi connectivity index (χ3n) is 4.24. The fraction of sp³-hybridized carbons (Fsp3) is 0.714.